The van der Waals surface area contributed by atoms with Gasteiger partial charge in [0.2, 0.25) is 0 Å². The number of hydrogen-bond acceptors (Lipinski definition) is 4. The molecule has 1 aromatic carbocycles. The number of carbonyl (C=O) groups is 2. The van der Waals surface area contributed by atoms with E-state index in [0.717, 1.165) is 4.90 Å². The lowest BCUT2D eigenvalue weighted by Crippen LogP contribution is -2.31. The van der Waals surface area contributed by atoms with Gasteiger partial charge in [-0.1, -0.05) is 13.8 Å². The lowest BCUT2D eigenvalue weighted by Gasteiger charge is -2.16. The first-order valence-corrected chi connectivity index (χ1v) is 6.93. The van der Waals surface area contributed by atoms with Crippen molar-refractivity contribution in [1.29, 1.82) is 0 Å². The number of rotatable bonds is 6. The zero-order valence-electron chi connectivity index (χ0n) is 11.2. The number of thioether (sulfide) groups is 1. The summed E-state index contributed by atoms with van der Waals surface area (Å²) in [6.45, 7) is 3.62. The van der Waals surface area contributed by atoms with Crippen LogP contribution in [0.1, 0.15) is 13.8 Å². The quantitative estimate of drug-likeness (QED) is 0.457. The fourth-order valence-corrected chi connectivity index (χ4v) is 2.49. The number of halogens is 1. The molecule has 0 bridgehead atoms. The minimum Gasteiger partial charge on any atom is -0.468 e. The summed E-state index contributed by atoms with van der Waals surface area (Å²) in [6, 6.07) is 5.89. The van der Waals surface area contributed by atoms with Crippen LogP contribution < -0.4 is 0 Å². The highest BCUT2D eigenvalue weighted by Gasteiger charge is 2.30. The summed E-state index contributed by atoms with van der Waals surface area (Å²) in [5, 5.41) is 0. The molecule has 5 heteroatoms. The van der Waals surface area contributed by atoms with Crippen molar-refractivity contribution in [3.63, 3.8) is 0 Å². The standard InChI is InChI=1S/C14H17FO3S/c1-9(2)13(14(17)18-3)12(16)8-19-11-6-4-10(15)5-7-11/h4-7,9,13H,8H2,1-3H3. The van der Waals surface area contributed by atoms with E-state index < -0.39 is 11.9 Å². The van der Waals surface area contributed by atoms with Gasteiger partial charge in [-0.25, -0.2) is 4.39 Å². The van der Waals surface area contributed by atoms with E-state index in [4.69, 9.17) is 0 Å². The maximum atomic E-state index is 12.7. The molecule has 1 rings (SSSR count). The van der Waals surface area contributed by atoms with Crippen LogP contribution in [0.15, 0.2) is 29.2 Å². The minimum atomic E-state index is -0.738. The Hall–Kier alpha value is -1.36. The molecule has 0 aliphatic carbocycles. The highest BCUT2D eigenvalue weighted by atomic mass is 32.2. The highest BCUT2D eigenvalue weighted by Crippen LogP contribution is 2.22. The van der Waals surface area contributed by atoms with Gasteiger partial charge >= 0.3 is 5.97 Å². The number of hydrogen-bond donors (Lipinski definition) is 0. The van der Waals surface area contributed by atoms with Crippen LogP contribution in [0.5, 0.6) is 0 Å². The van der Waals surface area contributed by atoms with Crippen molar-refractivity contribution in [2.45, 2.75) is 18.7 Å². The number of Topliss-reactive ketones (excluding diaryl/α,β-unsaturated/α-hetero) is 1. The fourth-order valence-electron chi connectivity index (χ4n) is 1.68. The fraction of sp³-hybridized carbons (Fsp3) is 0.429. The molecule has 0 spiro atoms. The predicted octanol–water partition coefficient (Wildman–Crippen LogP) is 2.93. The van der Waals surface area contributed by atoms with Crippen molar-refractivity contribution in [2.24, 2.45) is 11.8 Å². The van der Waals surface area contributed by atoms with Crippen LogP contribution in [0, 0.1) is 17.7 Å². The normalized spacial score (nSPS) is 12.3. The second kappa shape index (κ2) is 7.28. The number of benzene rings is 1. The van der Waals surface area contributed by atoms with Gasteiger partial charge in [-0.3, -0.25) is 9.59 Å². The summed E-state index contributed by atoms with van der Waals surface area (Å²) < 4.78 is 17.4. The molecular formula is C14H17FO3S. The minimum absolute atomic E-state index is 0.103. The van der Waals surface area contributed by atoms with Gasteiger partial charge in [0, 0.05) is 4.90 Å². The first-order chi connectivity index (χ1) is 8.95. The smallest absolute Gasteiger partial charge is 0.316 e. The van der Waals surface area contributed by atoms with Crippen molar-refractivity contribution in [2.75, 3.05) is 12.9 Å². The molecule has 0 aliphatic rings. The Morgan fingerprint density at radius 3 is 2.32 bits per heavy atom. The Morgan fingerprint density at radius 2 is 1.84 bits per heavy atom. The van der Waals surface area contributed by atoms with Gasteiger partial charge in [-0.2, -0.15) is 0 Å². The first kappa shape index (κ1) is 15.7. The second-order valence-electron chi connectivity index (χ2n) is 4.45. The van der Waals surface area contributed by atoms with E-state index in [-0.39, 0.29) is 23.3 Å². The third-order valence-corrected chi connectivity index (χ3v) is 3.70. The van der Waals surface area contributed by atoms with Gasteiger partial charge in [0.05, 0.1) is 12.9 Å². The van der Waals surface area contributed by atoms with E-state index in [1.54, 1.807) is 12.1 Å². The molecule has 0 radical (unpaired) electrons. The monoisotopic (exact) mass is 284 g/mol. The average Bonchev–Trinajstić information content (AvgIpc) is 2.37. The topological polar surface area (TPSA) is 43.4 Å². The summed E-state index contributed by atoms with van der Waals surface area (Å²) >= 11 is 1.29. The average molecular weight is 284 g/mol. The molecule has 0 aliphatic heterocycles. The van der Waals surface area contributed by atoms with Crippen LogP contribution in [0.2, 0.25) is 0 Å². The summed E-state index contributed by atoms with van der Waals surface area (Å²) in [6.07, 6.45) is 0. The summed E-state index contributed by atoms with van der Waals surface area (Å²) in [7, 11) is 1.28. The molecule has 104 valence electrons. The zero-order valence-corrected chi connectivity index (χ0v) is 12.0. The van der Waals surface area contributed by atoms with E-state index in [1.807, 2.05) is 13.8 Å². The van der Waals surface area contributed by atoms with Gasteiger partial charge in [0.15, 0.2) is 5.78 Å². The molecule has 0 aromatic heterocycles. The summed E-state index contributed by atoms with van der Waals surface area (Å²) in [5.41, 5.74) is 0. The third kappa shape index (κ3) is 4.67. The van der Waals surface area contributed by atoms with E-state index in [0.29, 0.717) is 0 Å². The van der Waals surface area contributed by atoms with Gasteiger partial charge in [-0.15, -0.1) is 11.8 Å². The molecule has 0 saturated heterocycles. The number of carbonyl (C=O) groups excluding carboxylic acids is 2. The second-order valence-corrected chi connectivity index (χ2v) is 5.50. The molecular weight excluding hydrogens is 267 g/mol. The Kier molecular flexibility index (Phi) is 6.02. The molecule has 3 nitrogen and oxygen atoms in total. The molecule has 0 saturated carbocycles. The first-order valence-electron chi connectivity index (χ1n) is 5.94. The van der Waals surface area contributed by atoms with Crippen molar-refractivity contribution >= 4 is 23.5 Å². The molecule has 1 unspecified atom stereocenters. The van der Waals surface area contributed by atoms with Gasteiger partial charge in [-0.05, 0) is 30.2 Å². The van der Waals surface area contributed by atoms with Crippen molar-refractivity contribution in [1.82, 2.24) is 0 Å². The number of esters is 1. The van der Waals surface area contributed by atoms with Gasteiger partial charge in [0.25, 0.3) is 0 Å². The van der Waals surface area contributed by atoms with Crippen molar-refractivity contribution in [3.8, 4) is 0 Å². The molecule has 0 fully saturated rings. The number of ketones is 1. The lowest BCUT2D eigenvalue weighted by atomic mass is 9.92. The van der Waals surface area contributed by atoms with Crippen LogP contribution in [0.25, 0.3) is 0 Å². The maximum Gasteiger partial charge on any atom is 0.316 e. The summed E-state index contributed by atoms with van der Waals surface area (Å²) in [4.78, 5) is 24.4. The Balaban J connectivity index is 2.62. The van der Waals surface area contributed by atoms with Crippen molar-refractivity contribution < 1.29 is 18.7 Å². The van der Waals surface area contributed by atoms with Gasteiger partial charge < -0.3 is 4.74 Å². The number of methoxy groups -OCH3 is 1. The van der Waals surface area contributed by atoms with Crippen LogP contribution in [0.4, 0.5) is 4.39 Å². The maximum absolute atomic E-state index is 12.7. The molecule has 0 N–H and O–H groups in total. The molecule has 1 aromatic rings. The SMILES string of the molecule is COC(=O)C(C(=O)CSc1ccc(F)cc1)C(C)C. The molecule has 1 atom stereocenters. The summed E-state index contributed by atoms with van der Waals surface area (Å²) in [5.74, 6) is -1.66. The van der Waals surface area contributed by atoms with Crippen LogP contribution in [-0.4, -0.2) is 24.6 Å². The Bertz CT molecular complexity index is 443. The van der Waals surface area contributed by atoms with Crippen LogP contribution >= 0.6 is 11.8 Å². The third-order valence-electron chi connectivity index (χ3n) is 2.66. The lowest BCUT2D eigenvalue weighted by molar-refractivity contribution is -0.150. The predicted molar refractivity (Wildman–Crippen MR) is 72.5 cm³/mol. The van der Waals surface area contributed by atoms with Gasteiger partial charge in [0.1, 0.15) is 11.7 Å². The van der Waals surface area contributed by atoms with E-state index in [1.165, 1.54) is 31.0 Å². The molecule has 19 heavy (non-hydrogen) atoms. The number of ether oxygens (including phenoxy) is 1. The largest absolute Gasteiger partial charge is 0.468 e. The van der Waals surface area contributed by atoms with E-state index in [9.17, 15) is 14.0 Å². The molecule has 0 amide bonds. The molecule has 0 heterocycles. The Morgan fingerprint density at radius 1 is 1.26 bits per heavy atom. The van der Waals surface area contributed by atoms with Crippen molar-refractivity contribution in [3.05, 3.63) is 30.1 Å². The Labute approximate surface area is 116 Å². The zero-order chi connectivity index (χ0) is 14.4. The van der Waals surface area contributed by atoms with Crippen LogP contribution in [-0.2, 0) is 14.3 Å². The van der Waals surface area contributed by atoms with E-state index in [2.05, 4.69) is 4.74 Å². The highest BCUT2D eigenvalue weighted by molar-refractivity contribution is 8.00. The van der Waals surface area contributed by atoms with Crippen LogP contribution in [0.3, 0.4) is 0 Å². The van der Waals surface area contributed by atoms with E-state index >= 15 is 0 Å².